The summed E-state index contributed by atoms with van der Waals surface area (Å²) >= 11 is 0. The Kier molecular flexibility index (Phi) is 4.00. The van der Waals surface area contributed by atoms with Crippen LogP contribution < -0.4 is 0 Å². The van der Waals surface area contributed by atoms with Crippen LogP contribution in [0.5, 0.6) is 0 Å². The van der Waals surface area contributed by atoms with E-state index in [1.807, 2.05) is 12.1 Å². The molecule has 1 aromatic carbocycles. The summed E-state index contributed by atoms with van der Waals surface area (Å²) in [5, 5.41) is 0. The third kappa shape index (κ3) is 2.19. The van der Waals surface area contributed by atoms with E-state index in [0.29, 0.717) is 19.1 Å². The van der Waals surface area contributed by atoms with Gasteiger partial charge in [0.05, 0.1) is 13.2 Å². The summed E-state index contributed by atoms with van der Waals surface area (Å²) in [7, 11) is 0. The molecular formula is C20H25FO3. The maximum atomic E-state index is 13.5. The van der Waals surface area contributed by atoms with Crippen LogP contribution in [-0.4, -0.2) is 25.3 Å². The first kappa shape index (κ1) is 16.2. The molecule has 2 saturated carbocycles. The molecule has 4 atom stereocenters. The van der Waals surface area contributed by atoms with E-state index in [0.717, 1.165) is 44.0 Å². The fraction of sp³-hybridized carbons (Fsp3) is 0.650. The lowest BCUT2D eigenvalue weighted by Crippen LogP contribution is -2.59. The van der Waals surface area contributed by atoms with Gasteiger partial charge in [0.25, 0.3) is 0 Å². The van der Waals surface area contributed by atoms with E-state index in [1.165, 1.54) is 12.1 Å². The molecule has 1 saturated heterocycles. The molecule has 1 spiro atoms. The molecule has 1 heterocycles. The number of hydrogen-bond donors (Lipinski definition) is 0. The van der Waals surface area contributed by atoms with Crippen LogP contribution in [0.4, 0.5) is 4.39 Å². The molecule has 3 fully saturated rings. The van der Waals surface area contributed by atoms with Crippen molar-refractivity contribution in [3.05, 3.63) is 35.6 Å². The van der Waals surface area contributed by atoms with Crippen LogP contribution in [-0.2, 0) is 19.7 Å². The Hall–Kier alpha value is -1.26. The van der Waals surface area contributed by atoms with Gasteiger partial charge in [-0.1, -0.05) is 25.5 Å². The maximum absolute atomic E-state index is 13.5. The van der Waals surface area contributed by atoms with Crippen molar-refractivity contribution in [2.75, 3.05) is 13.2 Å². The van der Waals surface area contributed by atoms with Gasteiger partial charge in [-0.05, 0) is 42.9 Å². The zero-order valence-corrected chi connectivity index (χ0v) is 14.2. The summed E-state index contributed by atoms with van der Waals surface area (Å²) < 4.78 is 25.5. The van der Waals surface area contributed by atoms with Gasteiger partial charge in [-0.15, -0.1) is 0 Å². The molecule has 4 heteroatoms. The van der Waals surface area contributed by atoms with Crippen molar-refractivity contribution < 1.29 is 18.7 Å². The number of carbonyl (C=O) groups is 1. The second kappa shape index (κ2) is 5.92. The highest BCUT2D eigenvalue weighted by Crippen LogP contribution is 2.60. The van der Waals surface area contributed by atoms with E-state index in [9.17, 15) is 9.18 Å². The summed E-state index contributed by atoms with van der Waals surface area (Å²) in [6.07, 6.45) is 5.83. The summed E-state index contributed by atoms with van der Waals surface area (Å²) in [5.74, 6) is -0.185. The van der Waals surface area contributed by atoms with Crippen LogP contribution in [0, 0.1) is 23.6 Å². The molecule has 0 aromatic heterocycles. The lowest BCUT2D eigenvalue weighted by molar-refractivity contribution is -0.241. The van der Waals surface area contributed by atoms with Gasteiger partial charge in [-0.3, -0.25) is 0 Å². The van der Waals surface area contributed by atoms with Crippen LogP contribution in [0.25, 0.3) is 0 Å². The minimum Gasteiger partial charge on any atom is -0.347 e. The maximum Gasteiger partial charge on any atom is 0.171 e. The van der Waals surface area contributed by atoms with Crippen molar-refractivity contribution in [3.63, 3.8) is 0 Å². The van der Waals surface area contributed by atoms with E-state index in [4.69, 9.17) is 9.47 Å². The Morgan fingerprint density at radius 2 is 1.83 bits per heavy atom. The number of hydrogen-bond acceptors (Lipinski definition) is 3. The number of ether oxygens (including phenoxy) is 2. The van der Waals surface area contributed by atoms with Crippen LogP contribution in [0.1, 0.15) is 44.6 Å². The Morgan fingerprint density at radius 3 is 2.50 bits per heavy atom. The number of aldehydes is 1. The third-order valence-corrected chi connectivity index (χ3v) is 6.86. The highest BCUT2D eigenvalue weighted by atomic mass is 19.1. The molecule has 1 aliphatic heterocycles. The van der Waals surface area contributed by atoms with Crippen molar-refractivity contribution in [2.24, 2.45) is 17.8 Å². The zero-order valence-electron chi connectivity index (χ0n) is 14.2. The zero-order chi connectivity index (χ0) is 16.8. The molecule has 1 unspecified atom stereocenters. The van der Waals surface area contributed by atoms with Crippen LogP contribution in [0.2, 0.25) is 0 Å². The number of halogens is 1. The number of fused-ring (bicyclic) bond motifs is 1. The molecule has 130 valence electrons. The highest BCUT2D eigenvalue weighted by Gasteiger charge is 2.60. The lowest BCUT2D eigenvalue weighted by Gasteiger charge is -2.58. The van der Waals surface area contributed by atoms with Crippen LogP contribution in [0.15, 0.2) is 24.3 Å². The molecule has 0 radical (unpaired) electrons. The number of benzene rings is 1. The first-order valence-corrected chi connectivity index (χ1v) is 9.12. The van der Waals surface area contributed by atoms with Gasteiger partial charge in [0, 0.05) is 23.7 Å². The lowest BCUT2D eigenvalue weighted by atomic mass is 9.48. The molecule has 4 rings (SSSR count). The largest absolute Gasteiger partial charge is 0.347 e. The van der Waals surface area contributed by atoms with Gasteiger partial charge in [0.1, 0.15) is 12.1 Å². The Labute approximate surface area is 142 Å². The van der Waals surface area contributed by atoms with Crippen molar-refractivity contribution in [1.82, 2.24) is 0 Å². The number of carbonyl (C=O) groups excluding carboxylic acids is 1. The molecule has 0 bridgehead atoms. The predicted molar refractivity (Wildman–Crippen MR) is 88.0 cm³/mol. The number of rotatable bonds is 2. The summed E-state index contributed by atoms with van der Waals surface area (Å²) in [6, 6.07) is 6.81. The van der Waals surface area contributed by atoms with Gasteiger partial charge in [-0.2, -0.15) is 0 Å². The first-order chi connectivity index (χ1) is 11.6. The molecule has 3 nitrogen and oxygen atoms in total. The third-order valence-electron chi connectivity index (χ3n) is 6.86. The van der Waals surface area contributed by atoms with Crippen molar-refractivity contribution in [2.45, 2.75) is 50.2 Å². The monoisotopic (exact) mass is 332 g/mol. The SMILES string of the molecule is C[C@H]1[C@@H]2CCCC(C=O)[C@]2(c2ccc(F)cc2)CCC12OCCO2. The molecule has 24 heavy (non-hydrogen) atoms. The minimum atomic E-state index is -0.487. The molecular weight excluding hydrogens is 307 g/mol. The average Bonchev–Trinajstić information content (AvgIpc) is 3.08. The average molecular weight is 332 g/mol. The fourth-order valence-corrected chi connectivity index (χ4v) is 5.73. The van der Waals surface area contributed by atoms with E-state index in [1.54, 1.807) is 0 Å². The van der Waals surface area contributed by atoms with E-state index < -0.39 is 5.79 Å². The second-order valence-corrected chi connectivity index (χ2v) is 7.62. The molecule has 3 aliphatic rings. The minimum absolute atomic E-state index is 0.0112. The topological polar surface area (TPSA) is 35.5 Å². The van der Waals surface area contributed by atoms with E-state index >= 15 is 0 Å². The van der Waals surface area contributed by atoms with E-state index in [-0.39, 0.29) is 23.1 Å². The first-order valence-electron chi connectivity index (χ1n) is 9.12. The van der Waals surface area contributed by atoms with Crippen molar-refractivity contribution in [3.8, 4) is 0 Å². The van der Waals surface area contributed by atoms with Crippen LogP contribution in [0.3, 0.4) is 0 Å². The van der Waals surface area contributed by atoms with Gasteiger partial charge in [0.15, 0.2) is 5.79 Å². The molecule has 0 amide bonds. The van der Waals surface area contributed by atoms with Gasteiger partial charge >= 0.3 is 0 Å². The fourth-order valence-electron chi connectivity index (χ4n) is 5.73. The summed E-state index contributed by atoms with van der Waals surface area (Å²) in [5.41, 5.74) is 0.888. The smallest absolute Gasteiger partial charge is 0.171 e. The summed E-state index contributed by atoms with van der Waals surface area (Å²) in [4.78, 5) is 11.9. The second-order valence-electron chi connectivity index (χ2n) is 7.62. The normalized spacial score (nSPS) is 38.0. The Morgan fingerprint density at radius 1 is 1.12 bits per heavy atom. The highest BCUT2D eigenvalue weighted by molar-refractivity contribution is 5.59. The summed E-state index contributed by atoms with van der Waals surface area (Å²) in [6.45, 7) is 3.51. The van der Waals surface area contributed by atoms with Crippen LogP contribution >= 0.6 is 0 Å². The molecule has 2 aliphatic carbocycles. The van der Waals surface area contributed by atoms with Gasteiger partial charge < -0.3 is 14.3 Å². The van der Waals surface area contributed by atoms with Gasteiger partial charge in [-0.25, -0.2) is 4.39 Å². The Balaban J connectivity index is 1.79. The Bertz CT molecular complexity index is 608. The quantitative estimate of drug-likeness (QED) is 0.772. The van der Waals surface area contributed by atoms with Crippen molar-refractivity contribution >= 4 is 6.29 Å². The predicted octanol–water partition coefficient (Wildman–Crippen LogP) is 3.85. The standard InChI is InChI=1S/C20H25FO3/c1-14-18-4-2-3-16(13-22)19(18,15-5-7-17(21)8-6-15)9-10-20(14)23-11-12-24-20/h5-8,13-14,16,18H,2-4,9-12H2,1H3/t14-,16?,18-,19+/m0/s1. The van der Waals surface area contributed by atoms with Crippen molar-refractivity contribution in [1.29, 1.82) is 0 Å². The molecule has 1 aromatic rings. The molecule has 0 N–H and O–H groups in total. The van der Waals surface area contributed by atoms with Gasteiger partial charge in [0.2, 0.25) is 0 Å². The van der Waals surface area contributed by atoms with E-state index in [2.05, 4.69) is 6.92 Å².